The summed E-state index contributed by atoms with van der Waals surface area (Å²) in [5.74, 6) is 0.716. The van der Waals surface area contributed by atoms with E-state index in [-0.39, 0.29) is 24.5 Å². The van der Waals surface area contributed by atoms with Gasteiger partial charge in [-0.1, -0.05) is 51.1 Å². The Morgan fingerprint density at radius 1 is 1.11 bits per heavy atom. The summed E-state index contributed by atoms with van der Waals surface area (Å²) in [4.78, 5) is 34.9. The molecule has 2 aromatic carbocycles. The number of hydroxylamine groups is 2. The van der Waals surface area contributed by atoms with Gasteiger partial charge in [0.05, 0.1) is 19.3 Å². The van der Waals surface area contributed by atoms with Crippen molar-refractivity contribution in [1.82, 2.24) is 20.6 Å². The number of hydrogen-bond donors (Lipinski definition) is 4. The fourth-order valence-electron chi connectivity index (χ4n) is 7.85. The number of likely N-dealkylation sites (N-methyl/N-ethyl adjacent to an activating group) is 1. The third-order valence-electron chi connectivity index (χ3n) is 10.6. The lowest BCUT2D eigenvalue weighted by Crippen LogP contribution is -2.62. The monoisotopic (exact) mass is 606 g/mol. The topological polar surface area (TPSA) is 114 Å². The molecule has 1 aliphatic heterocycles. The molecule has 9 nitrogen and oxygen atoms in total. The third-order valence-corrected chi connectivity index (χ3v) is 10.6. The van der Waals surface area contributed by atoms with Gasteiger partial charge in [-0.2, -0.15) is 5.06 Å². The summed E-state index contributed by atoms with van der Waals surface area (Å²) in [5.41, 5.74) is 3.67. The summed E-state index contributed by atoms with van der Waals surface area (Å²) in [6.45, 7) is 9.92. The molecular weight excluding hydrogens is 556 g/mol. The van der Waals surface area contributed by atoms with Crippen molar-refractivity contribution in [3.8, 4) is 11.1 Å². The van der Waals surface area contributed by atoms with Gasteiger partial charge in [0, 0.05) is 30.6 Å². The Morgan fingerprint density at radius 3 is 2.45 bits per heavy atom. The summed E-state index contributed by atoms with van der Waals surface area (Å²) in [5, 5.41) is 28.8. The van der Waals surface area contributed by atoms with Crippen LogP contribution in [-0.2, 0) is 16.2 Å². The van der Waals surface area contributed by atoms with Gasteiger partial charge >= 0.3 is 0 Å². The van der Waals surface area contributed by atoms with Gasteiger partial charge in [0.1, 0.15) is 12.1 Å². The highest BCUT2D eigenvalue weighted by Crippen LogP contribution is 2.61. The summed E-state index contributed by atoms with van der Waals surface area (Å²) in [6.07, 6.45) is 0.652. The molecule has 2 aromatic rings. The van der Waals surface area contributed by atoms with E-state index in [4.69, 9.17) is 4.84 Å². The van der Waals surface area contributed by atoms with Crippen LogP contribution in [0.1, 0.15) is 56.5 Å². The minimum Gasteiger partial charge on any atom is -0.394 e. The van der Waals surface area contributed by atoms with E-state index >= 15 is 0 Å². The number of hydrogen-bond acceptors (Lipinski definition) is 7. The van der Waals surface area contributed by atoms with Crippen LogP contribution in [0, 0.1) is 29.1 Å². The first-order valence-electron chi connectivity index (χ1n) is 16.1. The average Bonchev–Trinajstić information content (AvgIpc) is 3.36. The lowest BCUT2D eigenvalue weighted by molar-refractivity contribution is -0.183. The summed E-state index contributed by atoms with van der Waals surface area (Å²) >= 11 is 0. The Hall–Kier alpha value is -2.82. The predicted octanol–water partition coefficient (Wildman–Crippen LogP) is 3.31. The number of benzene rings is 2. The van der Waals surface area contributed by atoms with E-state index in [2.05, 4.69) is 31.4 Å². The lowest BCUT2D eigenvalue weighted by Gasteiger charge is -2.62. The van der Waals surface area contributed by atoms with Crippen molar-refractivity contribution in [3.05, 3.63) is 59.7 Å². The number of carbonyl (C=O) groups is 2. The molecule has 1 saturated heterocycles. The number of rotatable bonds is 11. The van der Waals surface area contributed by atoms with E-state index in [0.29, 0.717) is 41.8 Å². The molecule has 1 heterocycles. The second kappa shape index (κ2) is 13.3. The fourth-order valence-corrected chi connectivity index (χ4v) is 7.85. The highest BCUT2D eigenvalue weighted by atomic mass is 16.7. The number of fused-ring (bicyclic) bond motifs is 2. The van der Waals surface area contributed by atoms with Gasteiger partial charge in [0.15, 0.2) is 0 Å². The maximum absolute atomic E-state index is 14.0. The number of amides is 2. The average molecular weight is 607 g/mol. The van der Waals surface area contributed by atoms with Crippen LogP contribution in [-0.4, -0.2) is 90.1 Å². The molecule has 3 saturated carbocycles. The zero-order valence-electron chi connectivity index (χ0n) is 27.0. The van der Waals surface area contributed by atoms with Gasteiger partial charge in [0.25, 0.3) is 5.91 Å². The first-order chi connectivity index (χ1) is 20.9. The van der Waals surface area contributed by atoms with Gasteiger partial charge < -0.3 is 25.7 Å². The Morgan fingerprint density at radius 2 is 1.82 bits per heavy atom. The van der Waals surface area contributed by atoms with E-state index in [1.54, 1.807) is 12.0 Å². The molecule has 0 spiro atoms. The minimum atomic E-state index is -0.845. The van der Waals surface area contributed by atoms with Crippen LogP contribution in [0.25, 0.3) is 11.1 Å². The number of aliphatic hydroxyl groups excluding tert-OH is 2. The third kappa shape index (κ3) is 6.58. The molecule has 2 amide bonds. The molecule has 4 aliphatic rings. The van der Waals surface area contributed by atoms with E-state index in [0.717, 1.165) is 29.7 Å². The van der Waals surface area contributed by atoms with Crippen LogP contribution in [0.15, 0.2) is 48.5 Å². The van der Waals surface area contributed by atoms with Crippen LogP contribution < -0.4 is 10.6 Å². The second-order valence-electron chi connectivity index (χ2n) is 14.1. The Kier molecular flexibility index (Phi) is 9.82. The molecule has 2 unspecified atom stereocenters. The Balaban J connectivity index is 1.32. The maximum Gasteiger partial charge on any atom is 0.251 e. The van der Waals surface area contributed by atoms with Gasteiger partial charge in [-0.25, -0.2) is 0 Å². The first-order valence-corrected chi connectivity index (χ1v) is 16.1. The molecule has 8 atom stereocenters. The quantitative estimate of drug-likeness (QED) is 0.310. The van der Waals surface area contributed by atoms with Crippen LogP contribution in [0.4, 0.5) is 0 Å². The SMILES string of the molecule is C[C@H](O)[C@@H]1[C@H](CO)ON(Cc2cccc(-c3cccc(C(=O)NCCN(C)C)c3)c2)[C@@H]1C(=O)N[C@H]1CC2CC([C@@H]1C)C2(C)C. The van der Waals surface area contributed by atoms with E-state index in [9.17, 15) is 19.8 Å². The van der Waals surface area contributed by atoms with Crippen molar-refractivity contribution in [3.63, 3.8) is 0 Å². The molecule has 2 bridgehead atoms. The highest BCUT2D eigenvalue weighted by Gasteiger charge is 2.57. The van der Waals surface area contributed by atoms with E-state index < -0.39 is 24.2 Å². The Labute approximate surface area is 261 Å². The molecule has 9 heteroatoms. The van der Waals surface area contributed by atoms with Crippen LogP contribution >= 0.6 is 0 Å². The largest absolute Gasteiger partial charge is 0.394 e. The standard InChI is InChI=1S/C35H50N4O5/c1-21-28-17-27(35(28,3)4)18-29(21)37-34(43)32-31(22(2)41)30(20-40)44-39(32)19-23-9-7-10-24(15-23)25-11-8-12-26(16-25)33(42)36-13-14-38(5)6/h7-12,15-16,21-22,27-32,40-41H,13-14,17-20H2,1-6H3,(H,36,42)(H,37,43)/t21-,22-,27?,28?,29-,30-,31+,32-/m0/s1. The van der Waals surface area contributed by atoms with Gasteiger partial charge in [0.2, 0.25) is 5.91 Å². The first kappa shape index (κ1) is 32.6. The second-order valence-corrected chi connectivity index (χ2v) is 14.1. The molecule has 0 radical (unpaired) electrons. The van der Waals surface area contributed by atoms with Gasteiger partial charge in [-0.15, -0.1) is 0 Å². The molecule has 4 N–H and O–H groups in total. The van der Waals surface area contributed by atoms with Crippen molar-refractivity contribution in [2.75, 3.05) is 33.8 Å². The van der Waals surface area contributed by atoms with E-state index in [1.165, 1.54) is 6.42 Å². The van der Waals surface area contributed by atoms with Gasteiger partial charge in [-0.05, 0) is 91.9 Å². The Bertz CT molecular complexity index is 1330. The number of nitrogens with zero attached hydrogens (tertiary/aromatic N) is 2. The van der Waals surface area contributed by atoms with Crippen molar-refractivity contribution >= 4 is 11.8 Å². The maximum atomic E-state index is 14.0. The number of aliphatic hydroxyl groups is 2. The van der Waals surface area contributed by atoms with E-state index in [1.807, 2.05) is 67.5 Å². The molecule has 0 aromatic heterocycles. The van der Waals surface area contributed by atoms with Crippen LogP contribution in [0.3, 0.4) is 0 Å². The zero-order chi connectivity index (χ0) is 31.8. The summed E-state index contributed by atoms with van der Waals surface area (Å²) in [7, 11) is 3.94. The van der Waals surface area contributed by atoms with Crippen LogP contribution in [0.5, 0.6) is 0 Å². The van der Waals surface area contributed by atoms with Crippen molar-refractivity contribution in [1.29, 1.82) is 0 Å². The molecule has 240 valence electrons. The van der Waals surface area contributed by atoms with Crippen molar-refractivity contribution in [2.24, 2.45) is 29.1 Å². The summed E-state index contributed by atoms with van der Waals surface area (Å²) in [6, 6.07) is 14.8. The predicted molar refractivity (Wildman–Crippen MR) is 170 cm³/mol. The number of nitrogens with one attached hydrogen (secondary N) is 2. The number of carbonyl (C=O) groups excluding carboxylic acids is 2. The minimum absolute atomic E-state index is 0.0830. The van der Waals surface area contributed by atoms with Gasteiger partial charge in [-0.3, -0.25) is 14.4 Å². The normalized spacial score (nSPS) is 30.1. The molecule has 6 rings (SSSR count). The zero-order valence-corrected chi connectivity index (χ0v) is 27.0. The van der Waals surface area contributed by atoms with Crippen LogP contribution in [0.2, 0.25) is 0 Å². The van der Waals surface area contributed by atoms with Crippen molar-refractivity contribution < 1.29 is 24.6 Å². The molecule has 4 fully saturated rings. The smallest absolute Gasteiger partial charge is 0.251 e. The summed E-state index contributed by atoms with van der Waals surface area (Å²) < 4.78 is 0. The lowest BCUT2D eigenvalue weighted by atomic mass is 9.45. The molecular formula is C35H50N4O5. The van der Waals surface area contributed by atoms with Crippen molar-refractivity contribution in [2.45, 2.75) is 71.4 Å². The highest BCUT2D eigenvalue weighted by molar-refractivity contribution is 5.95. The molecule has 44 heavy (non-hydrogen) atoms. The molecule has 3 aliphatic carbocycles. The fraction of sp³-hybridized carbons (Fsp3) is 0.600.